The van der Waals surface area contributed by atoms with Crippen molar-refractivity contribution in [2.45, 2.75) is 32.4 Å². The largest absolute Gasteiger partial charge is 0.448 e. The van der Waals surface area contributed by atoms with Crippen molar-refractivity contribution in [1.29, 1.82) is 0 Å². The second-order valence-electron chi connectivity index (χ2n) is 6.20. The molecule has 1 amide bonds. The van der Waals surface area contributed by atoms with Crippen LogP contribution in [0.25, 0.3) is 11.0 Å². The van der Waals surface area contributed by atoms with Gasteiger partial charge in [0.05, 0.1) is 12.6 Å². The van der Waals surface area contributed by atoms with E-state index in [-0.39, 0.29) is 23.3 Å². The lowest BCUT2D eigenvalue weighted by molar-refractivity contribution is 0.0690. The second-order valence-corrected chi connectivity index (χ2v) is 6.20. The van der Waals surface area contributed by atoms with E-state index in [4.69, 9.17) is 4.42 Å². The van der Waals surface area contributed by atoms with E-state index in [9.17, 15) is 9.18 Å². The minimum Gasteiger partial charge on any atom is -0.448 e. The monoisotopic (exact) mass is 327 g/mol. The van der Waals surface area contributed by atoms with Crippen LogP contribution in [0.1, 0.15) is 29.0 Å². The fourth-order valence-corrected chi connectivity index (χ4v) is 3.46. The topological polar surface area (TPSA) is 51.3 Å². The van der Waals surface area contributed by atoms with Crippen molar-refractivity contribution in [3.63, 3.8) is 0 Å². The maximum Gasteiger partial charge on any atom is 0.290 e. The Morgan fingerprint density at radius 3 is 3.04 bits per heavy atom. The number of aromatic nitrogens is 2. The average molecular weight is 327 g/mol. The molecule has 2 aromatic heterocycles. The summed E-state index contributed by atoms with van der Waals surface area (Å²) < 4.78 is 21.4. The fraction of sp³-hybridized carbons (Fsp3) is 0.333. The van der Waals surface area contributed by atoms with Gasteiger partial charge < -0.3 is 9.32 Å². The van der Waals surface area contributed by atoms with E-state index in [2.05, 4.69) is 5.10 Å². The quantitative estimate of drug-likeness (QED) is 0.741. The standard InChI is InChI=1S/C18H18FN3O2/c1-12-14-6-2-7-15(19)17(14)24-16(12)18(23)22-10-3-5-13(22)11-21-9-4-8-20-21/h2,4,6-9,13H,3,5,10-11H2,1H3/t13-/m1/s1. The minimum absolute atomic E-state index is 0.0786. The van der Waals surface area contributed by atoms with Gasteiger partial charge in [0.1, 0.15) is 0 Å². The molecule has 1 atom stereocenters. The molecule has 0 radical (unpaired) electrons. The Balaban J connectivity index is 1.65. The number of halogens is 1. The lowest BCUT2D eigenvalue weighted by Crippen LogP contribution is -2.38. The molecule has 1 fully saturated rings. The highest BCUT2D eigenvalue weighted by molar-refractivity contribution is 5.99. The predicted molar refractivity (Wildman–Crippen MR) is 87.2 cm³/mol. The van der Waals surface area contributed by atoms with Crippen LogP contribution in [0, 0.1) is 12.7 Å². The summed E-state index contributed by atoms with van der Waals surface area (Å²) >= 11 is 0. The molecule has 0 spiro atoms. The zero-order chi connectivity index (χ0) is 16.7. The Labute approximate surface area is 138 Å². The van der Waals surface area contributed by atoms with E-state index in [1.54, 1.807) is 25.3 Å². The first-order valence-corrected chi connectivity index (χ1v) is 8.11. The molecule has 3 heterocycles. The van der Waals surface area contributed by atoms with E-state index in [1.807, 2.05) is 21.8 Å². The maximum absolute atomic E-state index is 13.9. The van der Waals surface area contributed by atoms with Gasteiger partial charge in [-0.25, -0.2) is 4.39 Å². The Morgan fingerprint density at radius 2 is 2.29 bits per heavy atom. The highest BCUT2D eigenvalue weighted by atomic mass is 19.1. The van der Waals surface area contributed by atoms with Crippen LogP contribution in [0.15, 0.2) is 41.1 Å². The molecule has 1 aliphatic heterocycles. The Kier molecular flexibility index (Phi) is 3.59. The van der Waals surface area contributed by atoms with Gasteiger partial charge in [0.25, 0.3) is 5.91 Å². The number of carbonyl (C=O) groups excluding carboxylic acids is 1. The van der Waals surface area contributed by atoms with Crippen LogP contribution >= 0.6 is 0 Å². The van der Waals surface area contributed by atoms with Crippen molar-refractivity contribution >= 4 is 16.9 Å². The number of nitrogens with zero attached hydrogens (tertiary/aromatic N) is 3. The number of benzene rings is 1. The molecular formula is C18H18FN3O2. The van der Waals surface area contributed by atoms with E-state index < -0.39 is 5.82 Å². The Hall–Kier alpha value is -2.63. The molecule has 0 aliphatic carbocycles. The van der Waals surface area contributed by atoms with Crippen molar-refractivity contribution in [1.82, 2.24) is 14.7 Å². The summed E-state index contributed by atoms with van der Waals surface area (Å²) in [6.07, 6.45) is 5.50. The van der Waals surface area contributed by atoms with Crippen molar-refractivity contribution in [2.75, 3.05) is 6.54 Å². The molecule has 1 saturated heterocycles. The van der Waals surface area contributed by atoms with Gasteiger partial charge >= 0.3 is 0 Å². The third-order valence-electron chi connectivity index (χ3n) is 4.70. The molecule has 1 aliphatic rings. The van der Waals surface area contributed by atoms with Gasteiger partial charge in [0, 0.05) is 29.9 Å². The minimum atomic E-state index is -0.441. The van der Waals surface area contributed by atoms with E-state index in [0.29, 0.717) is 24.0 Å². The van der Waals surface area contributed by atoms with E-state index in [1.165, 1.54) is 6.07 Å². The summed E-state index contributed by atoms with van der Waals surface area (Å²) in [6, 6.07) is 6.70. The van der Waals surface area contributed by atoms with Crippen LogP contribution in [0.5, 0.6) is 0 Å². The Morgan fingerprint density at radius 1 is 1.42 bits per heavy atom. The number of para-hydroxylation sites is 1. The van der Waals surface area contributed by atoms with Crippen molar-refractivity contribution in [3.8, 4) is 0 Å². The van der Waals surface area contributed by atoms with Gasteiger partial charge in [0.2, 0.25) is 0 Å². The number of hydrogen-bond acceptors (Lipinski definition) is 3. The van der Waals surface area contributed by atoms with Gasteiger partial charge in [-0.15, -0.1) is 0 Å². The zero-order valence-corrected chi connectivity index (χ0v) is 13.4. The first-order chi connectivity index (χ1) is 11.6. The highest BCUT2D eigenvalue weighted by Crippen LogP contribution is 2.30. The number of carbonyl (C=O) groups is 1. The van der Waals surface area contributed by atoms with Gasteiger partial charge in [-0.1, -0.05) is 12.1 Å². The van der Waals surface area contributed by atoms with Gasteiger partial charge in [-0.05, 0) is 31.9 Å². The number of amides is 1. The first kappa shape index (κ1) is 14.9. The summed E-state index contributed by atoms with van der Waals surface area (Å²) in [5, 5.41) is 4.87. The number of hydrogen-bond donors (Lipinski definition) is 0. The van der Waals surface area contributed by atoms with E-state index >= 15 is 0 Å². The number of fused-ring (bicyclic) bond motifs is 1. The lowest BCUT2D eigenvalue weighted by Gasteiger charge is -2.24. The Bertz CT molecular complexity index is 885. The SMILES string of the molecule is Cc1c(C(=O)N2CCC[C@@H]2Cn2cccn2)oc2c(F)cccc12. The molecule has 0 unspecified atom stereocenters. The summed E-state index contributed by atoms with van der Waals surface area (Å²) in [4.78, 5) is 14.8. The molecule has 3 aromatic rings. The number of likely N-dealkylation sites (tertiary alicyclic amines) is 1. The molecule has 24 heavy (non-hydrogen) atoms. The van der Waals surface area contributed by atoms with Crippen molar-refractivity contribution in [3.05, 3.63) is 53.8 Å². The van der Waals surface area contributed by atoms with Crippen molar-refractivity contribution < 1.29 is 13.6 Å². The second kappa shape index (κ2) is 5.78. The molecule has 1 aromatic carbocycles. The molecule has 4 rings (SSSR count). The molecule has 124 valence electrons. The molecule has 0 N–H and O–H groups in total. The normalized spacial score (nSPS) is 17.8. The van der Waals surface area contributed by atoms with Crippen LogP contribution in [-0.2, 0) is 6.54 Å². The molecule has 5 nitrogen and oxygen atoms in total. The lowest BCUT2D eigenvalue weighted by atomic mass is 10.1. The van der Waals surface area contributed by atoms with Crippen LogP contribution < -0.4 is 0 Å². The summed E-state index contributed by atoms with van der Waals surface area (Å²) in [5.74, 6) is -0.371. The van der Waals surface area contributed by atoms with Crippen LogP contribution in [-0.4, -0.2) is 33.2 Å². The predicted octanol–water partition coefficient (Wildman–Crippen LogP) is 3.38. The summed E-state index contributed by atoms with van der Waals surface area (Å²) in [5.41, 5.74) is 0.848. The van der Waals surface area contributed by atoms with Crippen LogP contribution in [0.2, 0.25) is 0 Å². The summed E-state index contributed by atoms with van der Waals surface area (Å²) in [7, 11) is 0. The molecule has 0 bridgehead atoms. The zero-order valence-electron chi connectivity index (χ0n) is 13.4. The number of furan rings is 1. The first-order valence-electron chi connectivity index (χ1n) is 8.11. The molecular weight excluding hydrogens is 309 g/mol. The molecule has 0 saturated carbocycles. The highest BCUT2D eigenvalue weighted by Gasteiger charge is 2.33. The third kappa shape index (κ3) is 2.38. The van der Waals surface area contributed by atoms with Gasteiger partial charge in [-0.2, -0.15) is 5.10 Å². The molecule has 6 heteroatoms. The summed E-state index contributed by atoms with van der Waals surface area (Å²) in [6.45, 7) is 3.15. The van der Waals surface area contributed by atoms with E-state index in [0.717, 1.165) is 12.8 Å². The number of aryl methyl sites for hydroxylation is 1. The smallest absolute Gasteiger partial charge is 0.290 e. The van der Waals surface area contributed by atoms with Crippen molar-refractivity contribution in [2.24, 2.45) is 0 Å². The third-order valence-corrected chi connectivity index (χ3v) is 4.70. The van der Waals surface area contributed by atoms with Gasteiger partial charge in [-0.3, -0.25) is 9.48 Å². The van der Waals surface area contributed by atoms with Gasteiger partial charge in [0.15, 0.2) is 17.2 Å². The number of rotatable bonds is 3. The average Bonchev–Trinajstić information content (AvgIpc) is 3.29. The maximum atomic E-state index is 13.9. The van der Waals surface area contributed by atoms with Crippen LogP contribution in [0.4, 0.5) is 4.39 Å². The van der Waals surface area contributed by atoms with Crippen LogP contribution in [0.3, 0.4) is 0 Å². The fourth-order valence-electron chi connectivity index (χ4n) is 3.46.